The highest BCUT2D eigenvalue weighted by Crippen LogP contribution is 2.36. The molecule has 0 radical (unpaired) electrons. The summed E-state index contributed by atoms with van der Waals surface area (Å²) in [4.78, 5) is 28.5. The highest BCUT2D eigenvalue weighted by atomic mass is 19.4. The van der Waals surface area contributed by atoms with Crippen LogP contribution in [0.3, 0.4) is 0 Å². The lowest BCUT2D eigenvalue weighted by Crippen LogP contribution is -2.20. The predicted molar refractivity (Wildman–Crippen MR) is 103 cm³/mol. The van der Waals surface area contributed by atoms with Gasteiger partial charge < -0.3 is 19.7 Å². The molecule has 0 unspecified atom stereocenters. The van der Waals surface area contributed by atoms with Gasteiger partial charge in [-0.25, -0.2) is 14.2 Å². The van der Waals surface area contributed by atoms with Gasteiger partial charge in [-0.1, -0.05) is 6.92 Å². The standard InChI is InChI=1S/C20H17F4N3O4/c1-3-13-14(26-18(28)10-4-6-11(21)7-5-10)8-12-16(31-9-20(22,23)24)15(19(29)30)27(2)17(12)25-13/h4-8H,3,9H2,1-2H3,(H,26,28)(H,29,30). The molecule has 164 valence electrons. The second-order valence-corrected chi connectivity index (χ2v) is 6.61. The molecule has 3 aromatic rings. The second kappa shape index (κ2) is 8.25. The Labute approximate surface area is 173 Å². The molecule has 31 heavy (non-hydrogen) atoms. The lowest BCUT2D eigenvalue weighted by Gasteiger charge is -2.12. The van der Waals surface area contributed by atoms with Crippen LogP contribution < -0.4 is 10.1 Å². The second-order valence-electron chi connectivity index (χ2n) is 6.61. The van der Waals surface area contributed by atoms with E-state index in [1.807, 2.05) is 0 Å². The monoisotopic (exact) mass is 439 g/mol. The number of ether oxygens (including phenoxy) is 1. The number of aromatic nitrogens is 2. The summed E-state index contributed by atoms with van der Waals surface area (Å²) < 4.78 is 57.1. The topological polar surface area (TPSA) is 93.4 Å². The number of nitrogens with one attached hydrogen (secondary N) is 1. The van der Waals surface area contributed by atoms with Gasteiger partial charge in [-0.3, -0.25) is 4.79 Å². The van der Waals surface area contributed by atoms with E-state index in [9.17, 15) is 32.3 Å². The Bertz CT molecular complexity index is 1150. The van der Waals surface area contributed by atoms with Gasteiger partial charge in [0, 0.05) is 12.6 Å². The molecule has 3 rings (SSSR count). The quantitative estimate of drug-likeness (QED) is 0.563. The number of carbonyl (C=O) groups is 2. The van der Waals surface area contributed by atoms with Crippen LogP contribution in [-0.2, 0) is 13.5 Å². The molecule has 1 aromatic carbocycles. The van der Waals surface area contributed by atoms with Crippen LogP contribution in [0.5, 0.6) is 5.75 Å². The molecule has 0 aliphatic heterocycles. The van der Waals surface area contributed by atoms with E-state index in [2.05, 4.69) is 10.3 Å². The largest absolute Gasteiger partial charge is 0.481 e. The maximum Gasteiger partial charge on any atom is 0.422 e. The van der Waals surface area contributed by atoms with E-state index in [0.717, 1.165) is 16.7 Å². The first-order chi connectivity index (χ1) is 14.5. The fraction of sp³-hybridized carbons (Fsp3) is 0.250. The van der Waals surface area contributed by atoms with Gasteiger partial charge in [0.15, 0.2) is 18.1 Å². The van der Waals surface area contributed by atoms with E-state index in [-0.39, 0.29) is 22.3 Å². The number of alkyl halides is 3. The van der Waals surface area contributed by atoms with Crippen molar-refractivity contribution in [2.45, 2.75) is 19.5 Å². The number of aryl methyl sites for hydroxylation is 2. The number of anilines is 1. The number of aromatic carboxylic acids is 1. The van der Waals surface area contributed by atoms with Crippen molar-refractivity contribution in [1.29, 1.82) is 0 Å². The maximum atomic E-state index is 13.1. The van der Waals surface area contributed by atoms with E-state index < -0.39 is 41.9 Å². The lowest BCUT2D eigenvalue weighted by molar-refractivity contribution is -0.153. The van der Waals surface area contributed by atoms with Gasteiger partial charge in [0.05, 0.1) is 16.8 Å². The van der Waals surface area contributed by atoms with Crippen molar-refractivity contribution in [2.24, 2.45) is 7.05 Å². The van der Waals surface area contributed by atoms with Crippen LogP contribution in [0, 0.1) is 5.82 Å². The van der Waals surface area contributed by atoms with Crippen molar-refractivity contribution in [2.75, 3.05) is 11.9 Å². The molecule has 0 aliphatic carbocycles. The number of hydrogen-bond donors (Lipinski definition) is 2. The molecule has 2 N–H and O–H groups in total. The minimum atomic E-state index is -4.69. The summed E-state index contributed by atoms with van der Waals surface area (Å²) in [5, 5.41) is 12.1. The smallest absolute Gasteiger partial charge is 0.422 e. The number of hydrogen-bond acceptors (Lipinski definition) is 4. The van der Waals surface area contributed by atoms with Crippen molar-refractivity contribution in [3.05, 3.63) is 53.1 Å². The summed E-state index contributed by atoms with van der Waals surface area (Å²) >= 11 is 0. The van der Waals surface area contributed by atoms with Crippen molar-refractivity contribution in [1.82, 2.24) is 9.55 Å². The van der Waals surface area contributed by atoms with Crippen LogP contribution in [0.4, 0.5) is 23.2 Å². The zero-order valence-electron chi connectivity index (χ0n) is 16.4. The van der Waals surface area contributed by atoms with Gasteiger partial charge in [-0.05, 0) is 36.8 Å². The minimum Gasteiger partial charge on any atom is -0.481 e. The Kier molecular flexibility index (Phi) is 5.87. The van der Waals surface area contributed by atoms with Gasteiger partial charge >= 0.3 is 12.1 Å². The molecule has 0 saturated heterocycles. The van der Waals surface area contributed by atoms with Crippen LogP contribution in [-0.4, -0.2) is 39.3 Å². The van der Waals surface area contributed by atoms with E-state index in [0.29, 0.717) is 12.1 Å². The molecular formula is C20H17F4N3O4. The number of carboxylic acids is 1. The number of carbonyl (C=O) groups excluding carboxylic acids is 1. The highest BCUT2D eigenvalue weighted by Gasteiger charge is 2.32. The molecule has 2 heterocycles. The number of fused-ring (bicyclic) bond motifs is 1. The van der Waals surface area contributed by atoms with Crippen molar-refractivity contribution in [3.63, 3.8) is 0 Å². The van der Waals surface area contributed by atoms with E-state index in [1.54, 1.807) is 6.92 Å². The third-order valence-corrected chi connectivity index (χ3v) is 4.47. The molecule has 0 atom stereocenters. The van der Waals surface area contributed by atoms with Crippen LogP contribution in [0.15, 0.2) is 30.3 Å². The number of amides is 1. The number of pyridine rings is 1. The molecule has 0 aliphatic rings. The zero-order valence-corrected chi connectivity index (χ0v) is 16.4. The Morgan fingerprint density at radius 2 is 1.87 bits per heavy atom. The molecule has 0 saturated carbocycles. The summed E-state index contributed by atoms with van der Waals surface area (Å²) in [7, 11) is 1.34. The van der Waals surface area contributed by atoms with Gasteiger partial charge in [0.1, 0.15) is 11.5 Å². The minimum absolute atomic E-state index is 0.00393. The molecule has 11 heteroatoms. The molecule has 1 amide bonds. The normalized spacial score (nSPS) is 11.5. The maximum absolute atomic E-state index is 13.1. The third kappa shape index (κ3) is 4.60. The van der Waals surface area contributed by atoms with Crippen LogP contribution in [0.2, 0.25) is 0 Å². The number of carboxylic acid groups (broad SMARTS) is 1. The number of benzene rings is 1. The number of rotatable bonds is 6. The highest BCUT2D eigenvalue weighted by molar-refractivity contribution is 6.06. The summed E-state index contributed by atoms with van der Waals surface area (Å²) in [5.41, 5.74) is 0.282. The molecule has 0 fully saturated rings. The molecule has 7 nitrogen and oxygen atoms in total. The summed E-state index contributed by atoms with van der Waals surface area (Å²) in [6.45, 7) is 0.0447. The molecule has 0 spiro atoms. The van der Waals surface area contributed by atoms with Crippen molar-refractivity contribution < 1.29 is 37.0 Å². The van der Waals surface area contributed by atoms with Gasteiger partial charge in [0.2, 0.25) is 0 Å². The van der Waals surface area contributed by atoms with E-state index in [4.69, 9.17) is 4.74 Å². The fourth-order valence-corrected chi connectivity index (χ4v) is 3.06. The summed E-state index contributed by atoms with van der Waals surface area (Å²) in [6, 6.07) is 6.07. The first kappa shape index (κ1) is 22.1. The zero-order chi connectivity index (χ0) is 22.9. The Hall–Kier alpha value is -3.63. The Morgan fingerprint density at radius 1 is 1.23 bits per heavy atom. The first-order valence-electron chi connectivity index (χ1n) is 9.04. The molecule has 0 bridgehead atoms. The van der Waals surface area contributed by atoms with Crippen LogP contribution in [0.25, 0.3) is 11.0 Å². The SMILES string of the molecule is CCc1nc2c(cc1NC(=O)c1ccc(F)cc1)c(OCC(F)(F)F)c(C(=O)O)n2C. The van der Waals surface area contributed by atoms with Crippen LogP contribution in [0.1, 0.15) is 33.5 Å². The average Bonchev–Trinajstić information content (AvgIpc) is 2.96. The van der Waals surface area contributed by atoms with Crippen LogP contribution >= 0.6 is 0 Å². The average molecular weight is 439 g/mol. The van der Waals surface area contributed by atoms with Gasteiger partial charge in [-0.2, -0.15) is 13.2 Å². The molecule has 2 aromatic heterocycles. The summed E-state index contributed by atoms with van der Waals surface area (Å²) in [5.74, 6) is -3.11. The van der Waals surface area contributed by atoms with Gasteiger partial charge in [-0.15, -0.1) is 0 Å². The number of nitrogens with zero attached hydrogens (tertiary/aromatic N) is 2. The van der Waals surface area contributed by atoms with E-state index in [1.165, 1.54) is 25.2 Å². The van der Waals surface area contributed by atoms with Crippen molar-refractivity contribution >= 4 is 28.6 Å². The Morgan fingerprint density at radius 3 is 2.42 bits per heavy atom. The Balaban J connectivity index is 2.10. The summed E-state index contributed by atoms with van der Waals surface area (Å²) in [6.07, 6.45) is -4.35. The fourth-order valence-electron chi connectivity index (χ4n) is 3.06. The lowest BCUT2D eigenvalue weighted by atomic mass is 10.1. The third-order valence-electron chi connectivity index (χ3n) is 4.47. The van der Waals surface area contributed by atoms with Crippen molar-refractivity contribution in [3.8, 4) is 5.75 Å². The number of halogens is 4. The predicted octanol–water partition coefficient (Wildman–Crippen LogP) is 4.17. The van der Waals surface area contributed by atoms with E-state index >= 15 is 0 Å². The van der Waals surface area contributed by atoms with Gasteiger partial charge in [0.25, 0.3) is 5.91 Å². The molecular weight excluding hydrogens is 422 g/mol. The first-order valence-corrected chi connectivity index (χ1v) is 9.04.